The molecule has 1 heterocycles. The molecule has 6 nitrogen and oxygen atoms in total. The van der Waals surface area contributed by atoms with Crippen LogP contribution in [0.1, 0.15) is 17.4 Å². The number of carboxylic acid groups (broad SMARTS) is 1. The van der Waals surface area contributed by atoms with Crippen molar-refractivity contribution in [1.29, 1.82) is 0 Å². The van der Waals surface area contributed by atoms with Gasteiger partial charge in [-0.25, -0.2) is 14.6 Å². The van der Waals surface area contributed by atoms with Gasteiger partial charge in [-0.15, -0.1) is 0 Å². The smallest absolute Gasteiger partial charge is 0.411 e. The van der Waals surface area contributed by atoms with Crippen molar-refractivity contribution in [3.63, 3.8) is 0 Å². The van der Waals surface area contributed by atoms with Crippen molar-refractivity contribution < 1.29 is 19.4 Å². The Morgan fingerprint density at radius 1 is 0.966 bits per heavy atom. The lowest BCUT2D eigenvalue weighted by Crippen LogP contribution is -2.13. The number of fused-ring (bicyclic) bond motifs is 2. The number of nitrogens with zero attached hydrogens (tertiary/aromatic N) is 1. The predicted molar refractivity (Wildman–Crippen MR) is 112 cm³/mol. The van der Waals surface area contributed by atoms with Gasteiger partial charge in [-0.3, -0.25) is 5.32 Å². The van der Waals surface area contributed by atoms with Crippen molar-refractivity contribution in [3.8, 4) is 11.1 Å². The number of hydrogen-bond donors (Lipinski definition) is 2. The summed E-state index contributed by atoms with van der Waals surface area (Å²) in [5.74, 6) is -1.09. The van der Waals surface area contributed by atoms with Crippen LogP contribution in [0.15, 0.2) is 66.7 Å². The maximum Gasteiger partial charge on any atom is 0.411 e. The molecule has 1 amide bonds. The summed E-state index contributed by atoms with van der Waals surface area (Å²) in [6.07, 6.45) is -0.550. The van der Waals surface area contributed by atoms with Gasteiger partial charge in [-0.1, -0.05) is 48.5 Å². The number of carbonyl (C=O) groups is 2. The number of pyridine rings is 1. The Bertz CT molecular complexity index is 1250. The van der Waals surface area contributed by atoms with Crippen LogP contribution in [0.2, 0.25) is 0 Å². The molecular weight excluding hydrogens is 368 g/mol. The molecule has 0 aliphatic rings. The number of carboxylic acids is 1. The molecule has 3 aromatic carbocycles. The fraction of sp³-hybridized carbons (Fsp3) is 0.0870. The normalized spacial score (nSPS) is 10.8. The maximum absolute atomic E-state index is 11.9. The summed E-state index contributed by atoms with van der Waals surface area (Å²) in [5, 5.41) is 14.9. The highest BCUT2D eigenvalue weighted by Gasteiger charge is 2.15. The van der Waals surface area contributed by atoms with Crippen LogP contribution in [0.5, 0.6) is 0 Å². The van der Waals surface area contributed by atoms with Gasteiger partial charge >= 0.3 is 12.1 Å². The molecule has 0 aliphatic heterocycles. The molecule has 2 N–H and O–H groups in total. The van der Waals surface area contributed by atoms with E-state index in [0.29, 0.717) is 16.6 Å². The zero-order valence-electron chi connectivity index (χ0n) is 15.7. The van der Waals surface area contributed by atoms with Crippen molar-refractivity contribution >= 4 is 39.4 Å². The molecule has 0 atom stereocenters. The highest BCUT2D eigenvalue weighted by atomic mass is 16.5. The molecule has 29 heavy (non-hydrogen) atoms. The summed E-state index contributed by atoms with van der Waals surface area (Å²) in [7, 11) is 0. The average Bonchev–Trinajstić information content (AvgIpc) is 2.72. The number of anilines is 1. The van der Waals surface area contributed by atoms with E-state index >= 15 is 0 Å². The molecule has 0 saturated heterocycles. The van der Waals surface area contributed by atoms with Crippen LogP contribution < -0.4 is 5.32 Å². The molecule has 6 heteroatoms. The van der Waals surface area contributed by atoms with E-state index in [9.17, 15) is 14.7 Å². The standard InChI is InChI=1S/C23H18N2O4/c1-2-29-23(28)24-16-12-15-10-11-20(22(26)27)25-21(15)19(13-16)18-9-5-7-14-6-3-4-8-17(14)18/h3-13H,2H2,1H3,(H,24,28)(H,26,27). The Kier molecular flexibility index (Phi) is 4.83. The fourth-order valence-electron chi connectivity index (χ4n) is 3.38. The van der Waals surface area contributed by atoms with E-state index in [1.807, 2.05) is 42.5 Å². The Labute approximate surface area is 166 Å². The number of nitrogens with one attached hydrogen (secondary N) is 1. The third-order valence-corrected chi connectivity index (χ3v) is 4.61. The Morgan fingerprint density at radius 3 is 2.55 bits per heavy atom. The molecule has 0 aliphatic carbocycles. The second kappa shape index (κ2) is 7.59. The van der Waals surface area contributed by atoms with E-state index < -0.39 is 12.1 Å². The molecule has 144 valence electrons. The highest BCUT2D eigenvalue weighted by Crippen LogP contribution is 2.35. The summed E-state index contributed by atoms with van der Waals surface area (Å²) in [6, 6.07) is 20.5. The number of rotatable bonds is 4. The zero-order chi connectivity index (χ0) is 20.4. The molecular formula is C23H18N2O4. The van der Waals surface area contributed by atoms with Crippen LogP contribution >= 0.6 is 0 Å². The van der Waals surface area contributed by atoms with Crippen LogP contribution in [0.25, 0.3) is 32.8 Å². The van der Waals surface area contributed by atoms with Gasteiger partial charge in [-0.2, -0.15) is 0 Å². The van der Waals surface area contributed by atoms with Gasteiger partial charge in [0.25, 0.3) is 0 Å². The van der Waals surface area contributed by atoms with E-state index in [4.69, 9.17) is 4.74 Å². The second-order valence-corrected chi connectivity index (χ2v) is 6.47. The van der Waals surface area contributed by atoms with Gasteiger partial charge in [0.1, 0.15) is 5.69 Å². The number of aromatic carboxylic acids is 1. The number of ether oxygens (including phenoxy) is 1. The second-order valence-electron chi connectivity index (χ2n) is 6.47. The van der Waals surface area contributed by atoms with Crippen LogP contribution in [-0.2, 0) is 4.74 Å². The Hall–Kier alpha value is -3.93. The summed E-state index contributed by atoms with van der Waals surface area (Å²) in [5.41, 5.74) is 2.69. The number of carbonyl (C=O) groups excluding carboxylic acids is 1. The van der Waals surface area contributed by atoms with Crippen LogP contribution in [0.4, 0.5) is 10.5 Å². The third-order valence-electron chi connectivity index (χ3n) is 4.61. The summed E-state index contributed by atoms with van der Waals surface area (Å²) >= 11 is 0. The van der Waals surface area contributed by atoms with Crippen molar-refractivity contribution in [2.75, 3.05) is 11.9 Å². The number of amides is 1. The first-order chi connectivity index (χ1) is 14.1. The topological polar surface area (TPSA) is 88.5 Å². The molecule has 0 bridgehead atoms. The first-order valence-corrected chi connectivity index (χ1v) is 9.17. The quantitative estimate of drug-likeness (QED) is 0.495. The van der Waals surface area contributed by atoms with Crippen LogP contribution in [0, 0.1) is 0 Å². The van der Waals surface area contributed by atoms with Gasteiger partial charge in [-0.05, 0) is 41.5 Å². The minimum atomic E-state index is -1.09. The third kappa shape index (κ3) is 3.60. The fourth-order valence-corrected chi connectivity index (χ4v) is 3.38. The molecule has 1 aromatic heterocycles. The lowest BCUT2D eigenvalue weighted by atomic mass is 9.95. The summed E-state index contributed by atoms with van der Waals surface area (Å²) < 4.78 is 4.98. The van der Waals surface area contributed by atoms with Gasteiger partial charge in [0, 0.05) is 16.6 Å². The van der Waals surface area contributed by atoms with Crippen molar-refractivity contribution in [1.82, 2.24) is 4.98 Å². The lowest BCUT2D eigenvalue weighted by Gasteiger charge is -2.13. The minimum Gasteiger partial charge on any atom is -0.477 e. The van der Waals surface area contributed by atoms with Crippen LogP contribution in [-0.4, -0.2) is 28.8 Å². The Balaban J connectivity index is 1.99. The molecule has 0 radical (unpaired) electrons. The van der Waals surface area contributed by atoms with Crippen molar-refractivity contribution in [2.24, 2.45) is 0 Å². The van der Waals surface area contributed by atoms with E-state index in [1.165, 1.54) is 6.07 Å². The molecule has 0 saturated carbocycles. The molecule has 4 rings (SSSR count). The van der Waals surface area contributed by atoms with Gasteiger partial charge in [0.15, 0.2) is 0 Å². The van der Waals surface area contributed by atoms with Gasteiger partial charge in [0.05, 0.1) is 12.1 Å². The Morgan fingerprint density at radius 2 is 1.76 bits per heavy atom. The molecule has 0 fully saturated rings. The summed E-state index contributed by atoms with van der Waals surface area (Å²) in [4.78, 5) is 27.7. The zero-order valence-corrected chi connectivity index (χ0v) is 15.7. The van der Waals surface area contributed by atoms with Gasteiger partial charge < -0.3 is 9.84 Å². The van der Waals surface area contributed by atoms with Crippen molar-refractivity contribution in [3.05, 3.63) is 72.4 Å². The van der Waals surface area contributed by atoms with Crippen molar-refractivity contribution in [2.45, 2.75) is 6.92 Å². The summed E-state index contributed by atoms with van der Waals surface area (Å²) in [6.45, 7) is 2.00. The first kappa shape index (κ1) is 18.4. The SMILES string of the molecule is CCOC(=O)Nc1cc(-c2cccc3ccccc23)c2nc(C(=O)O)ccc2c1. The van der Waals surface area contributed by atoms with E-state index in [-0.39, 0.29) is 12.3 Å². The average molecular weight is 386 g/mol. The van der Waals surface area contributed by atoms with Gasteiger partial charge in [0.2, 0.25) is 0 Å². The number of aromatic nitrogens is 1. The maximum atomic E-state index is 11.9. The van der Waals surface area contributed by atoms with Crippen LogP contribution in [0.3, 0.4) is 0 Å². The van der Waals surface area contributed by atoms with E-state index in [1.54, 1.807) is 25.1 Å². The molecule has 4 aromatic rings. The largest absolute Gasteiger partial charge is 0.477 e. The molecule has 0 unspecified atom stereocenters. The first-order valence-electron chi connectivity index (χ1n) is 9.17. The number of hydrogen-bond acceptors (Lipinski definition) is 4. The lowest BCUT2D eigenvalue weighted by molar-refractivity contribution is 0.0691. The predicted octanol–water partition coefficient (Wildman–Crippen LogP) is 5.32. The molecule has 0 spiro atoms. The van der Waals surface area contributed by atoms with E-state index in [0.717, 1.165) is 21.9 Å². The monoisotopic (exact) mass is 386 g/mol. The minimum absolute atomic E-state index is 0.0370. The van der Waals surface area contributed by atoms with E-state index in [2.05, 4.69) is 10.3 Å². The number of benzene rings is 3. The highest BCUT2D eigenvalue weighted by molar-refractivity contribution is 6.07.